The van der Waals surface area contributed by atoms with Crippen molar-refractivity contribution in [2.75, 3.05) is 0 Å². The molecule has 0 aliphatic rings. The fourth-order valence-electron chi connectivity index (χ4n) is 1.78. The summed E-state index contributed by atoms with van der Waals surface area (Å²) >= 11 is 0. The molecule has 0 bridgehead atoms. The highest BCUT2D eigenvalue weighted by atomic mass is 16.1. The summed E-state index contributed by atoms with van der Waals surface area (Å²) in [6.07, 6.45) is 0. The molecule has 6 nitrogen and oxygen atoms in total. The van der Waals surface area contributed by atoms with Crippen LogP contribution >= 0.6 is 0 Å². The van der Waals surface area contributed by atoms with Crippen molar-refractivity contribution in [3.05, 3.63) is 23.3 Å². The van der Waals surface area contributed by atoms with Crippen LogP contribution in [0.5, 0.6) is 0 Å². The van der Waals surface area contributed by atoms with Gasteiger partial charge in [-0.05, 0) is 19.9 Å². The fourth-order valence-corrected chi connectivity index (χ4v) is 1.78. The number of aryl methyl sites for hydroxylation is 2. The summed E-state index contributed by atoms with van der Waals surface area (Å²) < 4.78 is 1.85. The molecule has 0 spiro atoms. The zero-order chi connectivity index (χ0) is 13.3. The summed E-state index contributed by atoms with van der Waals surface area (Å²) in [6.45, 7) is 7.96. The average Bonchev–Trinajstić information content (AvgIpc) is 2.68. The number of hydrogen-bond donors (Lipinski definition) is 1. The van der Waals surface area contributed by atoms with Gasteiger partial charge in [0.2, 0.25) is 5.91 Å². The van der Waals surface area contributed by atoms with E-state index in [1.54, 1.807) is 0 Å². The first kappa shape index (κ1) is 12.5. The van der Waals surface area contributed by atoms with Crippen molar-refractivity contribution in [3.63, 3.8) is 0 Å². The predicted molar refractivity (Wildman–Crippen MR) is 66.9 cm³/mol. The molecule has 0 fully saturated rings. The lowest BCUT2D eigenvalue weighted by Gasteiger charge is -2.07. The van der Waals surface area contributed by atoms with E-state index in [4.69, 9.17) is 0 Å². The summed E-state index contributed by atoms with van der Waals surface area (Å²) in [5, 5.41) is 10.9. The van der Waals surface area contributed by atoms with Gasteiger partial charge in [-0.1, -0.05) is 13.8 Å². The third kappa shape index (κ3) is 2.32. The maximum absolute atomic E-state index is 11.5. The molecule has 0 aliphatic heterocycles. The van der Waals surface area contributed by atoms with Gasteiger partial charge in [0, 0.05) is 17.3 Å². The second-order valence-electron chi connectivity index (χ2n) is 4.66. The number of nitrogens with zero attached hydrogens (tertiary/aromatic N) is 4. The van der Waals surface area contributed by atoms with Crippen LogP contribution in [-0.4, -0.2) is 25.5 Å². The molecular formula is C12H17N5O. The Labute approximate surface area is 105 Å². The van der Waals surface area contributed by atoms with Crippen LogP contribution in [-0.2, 0) is 11.3 Å². The molecule has 2 aromatic heterocycles. The van der Waals surface area contributed by atoms with E-state index in [9.17, 15) is 4.79 Å². The lowest BCUT2D eigenvalue weighted by molar-refractivity contribution is -0.124. The molecule has 2 heterocycles. The van der Waals surface area contributed by atoms with Crippen LogP contribution in [0.3, 0.4) is 0 Å². The number of carbonyl (C=O) groups is 1. The van der Waals surface area contributed by atoms with E-state index in [0.717, 1.165) is 11.4 Å². The van der Waals surface area contributed by atoms with Crippen LogP contribution in [0.4, 0.5) is 0 Å². The third-order valence-electron chi connectivity index (χ3n) is 2.70. The van der Waals surface area contributed by atoms with Gasteiger partial charge in [-0.25, -0.2) is 4.98 Å². The number of carbonyl (C=O) groups excluding carboxylic acids is 1. The number of fused-ring (bicyclic) bond motifs is 1. The largest absolute Gasteiger partial charge is 0.349 e. The van der Waals surface area contributed by atoms with Crippen LogP contribution in [0.2, 0.25) is 0 Å². The molecule has 96 valence electrons. The van der Waals surface area contributed by atoms with Gasteiger partial charge in [0.15, 0.2) is 5.82 Å². The summed E-state index contributed by atoms with van der Waals surface area (Å²) in [6, 6.07) is 1.96. The van der Waals surface area contributed by atoms with Crippen molar-refractivity contribution in [3.8, 4) is 0 Å². The minimum Gasteiger partial charge on any atom is -0.349 e. The van der Waals surface area contributed by atoms with Gasteiger partial charge in [0.1, 0.15) is 0 Å². The fraction of sp³-hybridized carbons (Fsp3) is 0.500. The minimum absolute atomic E-state index is 0.00414. The van der Waals surface area contributed by atoms with Gasteiger partial charge in [-0.3, -0.25) is 9.20 Å². The number of aromatic nitrogens is 4. The Morgan fingerprint density at radius 1 is 1.39 bits per heavy atom. The molecule has 2 aromatic rings. The van der Waals surface area contributed by atoms with Gasteiger partial charge in [-0.2, -0.15) is 0 Å². The monoisotopic (exact) mass is 247 g/mol. The van der Waals surface area contributed by atoms with Crippen LogP contribution in [0.1, 0.15) is 31.1 Å². The average molecular weight is 247 g/mol. The first-order valence-corrected chi connectivity index (χ1v) is 5.95. The topological polar surface area (TPSA) is 72.2 Å². The van der Waals surface area contributed by atoms with Crippen molar-refractivity contribution < 1.29 is 4.79 Å². The van der Waals surface area contributed by atoms with E-state index in [-0.39, 0.29) is 11.8 Å². The molecule has 18 heavy (non-hydrogen) atoms. The normalized spacial score (nSPS) is 11.2. The van der Waals surface area contributed by atoms with Crippen molar-refractivity contribution in [1.29, 1.82) is 0 Å². The van der Waals surface area contributed by atoms with Gasteiger partial charge < -0.3 is 5.32 Å². The maximum atomic E-state index is 11.5. The molecule has 0 unspecified atom stereocenters. The first-order valence-electron chi connectivity index (χ1n) is 5.95. The molecule has 0 atom stereocenters. The van der Waals surface area contributed by atoms with Crippen molar-refractivity contribution >= 4 is 11.7 Å². The molecule has 2 rings (SSSR count). The van der Waals surface area contributed by atoms with E-state index in [1.807, 2.05) is 38.2 Å². The van der Waals surface area contributed by atoms with Crippen molar-refractivity contribution in [1.82, 2.24) is 24.9 Å². The number of rotatable bonds is 3. The maximum Gasteiger partial charge on any atom is 0.255 e. The second-order valence-corrected chi connectivity index (χ2v) is 4.66. The van der Waals surface area contributed by atoms with Gasteiger partial charge in [0.05, 0.1) is 6.54 Å². The van der Waals surface area contributed by atoms with Gasteiger partial charge in [-0.15, -0.1) is 10.2 Å². The van der Waals surface area contributed by atoms with Crippen LogP contribution < -0.4 is 5.32 Å². The Morgan fingerprint density at radius 3 is 2.78 bits per heavy atom. The van der Waals surface area contributed by atoms with E-state index >= 15 is 0 Å². The SMILES string of the molecule is Cc1cc(C)n2c(CNC(=O)C(C)C)nnc2n1. The lowest BCUT2D eigenvalue weighted by atomic mass is 10.2. The van der Waals surface area contributed by atoms with Crippen molar-refractivity contribution in [2.45, 2.75) is 34.2 Å². The van der Waals surface area contributed by atoms with Gasteiger partial charge >= 0.3 is 0 Å². The summed E-state index contributed by atoms with van der Waals surface area (Å²) in [5.74, 6) is 1.24. The van der Waals surface area contributed by atoms with E-state index in [1.165, 1.54) is 0 Å². The number of amides is 1. The van der Waals surface area contributed by atoms with E-state index in [0.29, 0.717) is 18.1 Å². The van der Waals surface area contributed by atoms with Gasteiger partial charge in [0.25, 0.3) is 5.78 Å². The van der Waals surface area contributed by atoms with E-state index in [2.05, 4.69) is 20.5 Å². The Morgan fingerprint density at radius 2 is 2.11 bits per heavy atom. The summed E-state index contributed by atoms with van der Waals surface area (Å²) in [4.78, 5) is 15.8. The smallest absolute Gasteiger partial charge is 0.255 e. The quantitative estimate of drug-likeness (QED) is 0.878. The molecular weight excluding hydrogens is 230 g/mol. The number of hydrogen-bond acceptors (Lipinski definition) is 4. The minimum atomic E-state index is -0.0364. The zero-order valence-electron chi connectivity index (χ0n) is 11.1. The molecule has 1 N–H and O–H groups in total. The molecule has 0 saturated carbocycles. The zero-order valence-corrected chi connectivity index (χ0v) is 11.1. The standard InChI is InChI=1S/C12H17N5O/c1-7(2)11(18)13-6-10-15-16-12-14-8(3)5-9(4)17(10)12/h5,7H,6H2,1-4H3,(H,13,18). The second kappa shape index (κ2) is 4.72. The summed E-state index contributed by atoms with van der Waals surface area (Å²) in [7, 11) is 0. The van der Waals surface area contributed by atoms with Crippen LogP contribution in [0, 0.1) is 19.8 Å². The molecule has 1 amide bonds. The molecule has 0 saturated heterocycles. The predicted octanol–water partition coefficient (Wildman–Crippen LogP) is 1.01. The molecule has 0 aliphatic carbocycles. The Hall–Kier alpha value is -1.98. The molecule has 0 aromatic carbocycles. The Balaban J connectivity index is 2.27. The van der Waals surface area contributed by atoms with Crippen LogP contribution in [0.15, 0.2) is 6.07 Å². The van der Waals surface area contributed by atoms with E-state index < -0.39 is 0 Å². The first-order chi connectivity index (χ1) is 8.49. The van der Waals surface area contributed by atoms with Crippen LogP contribution in [0.25, 0.3) is 5.78 Å². The Kier molecular flexibility index (Phi) is 3.27. The highest BCUT2D eigenvalue weighted by Gasteiger charge is 2.12. The number of nitrogens with one attached hydrogen (secondary N) is 1. The highest BCUT2D eigenvalue weighted by molar-refractivity contribution is 5.77. The third-order valence-corrected chi connectivity index (χ3v) is 2.70. The van der Waals surface area contributed by atoms with Crippen molar-refractivity contribution in [2.24, 2.45) is 5.92 Å². The summed E-state index contributed by atoms with van der Waals surface area (Å²) in [5.41, 5.74) is 1.92. The Bertz CT molecular complexity index is 587. The molecule has 6 heteroatoms. The highest BCUT2D eigenvalue weighted by Crippen LogP contribution is 2.07. The molecule has 0 radical (unpaired) electrons. The lowest BCUT2D eigenvalue weighted by Crippen LogP contribution is -2.28.